The third-order valence-electron chi connectivity index (χ3n) is 1.56. The van der Waals surface area contributed by atoms with Gasteiger partial charge in [-0.3, -0.25) is 0 Å². The first kappa shape index (κ1) is 9.55. The summed E-state index contributed by atoms with van der Waals surface area (Å²) in [7, 11) is 3.30. The number of alkyl halides is 1. The highest BCUT2D eigenvalue weighted by atomic mass is 79.9. The highest BCUT2D eigenvalue weighted by molar-refractivity contribution is 9.09. The number of ether oxygens (including phenoxy) is 2. The van der Waals surface area contributed by atoms with Crippen molar-refractivity contribution in [3.05, 3.63) is 29.8 Å². The van der Waals surface area contributed by atoms with E-state index in [-0.39, 0.29) is 5.01 Å². The molecule has 66 valence electrons. The lowest BCUT2D eigenvalue weighted by molar-refractivity contribution is 0.181. The van der Waals surface area contributed by atoms with Crippen LogP contribution in [-0.4, -0.2) is 14.2 Å². The molecular formula is C9H11BrO2. The number of benzene rings is 1. The van der Waals surface area contributed by atoms with Crippen molar-refractivity contribution in [3.8, 4) is 5.75 Å². The van der Waals surface area contributed by atoms with Gasteiger partial charge < -0.3 is 9.47 Å². The monoisotopic (exact) mass is 230 g/mol. The number of hydrogen-bond acceptors (Lipinski definition) is 2. The number of halogens is 1. The fourth-order valence-corrected chi connectivity index (χ4v) is 1.20. The summed E-state index contributed by atoms with van der Waals surface area (Å²) in [5.41, 5.74) is 1.05. The first-order chi connectivity index (χ1) is 5.77. The van der Waals surface area contributed by atoms with E-state index in [4.69, 9.17) is 9.47 Å². The molecule has 0 aromatic heterocycles. The second-order valence-corrected chi connectivity index (χ2v) is 3.16. The maximum atomic E-state index is 5.10. The number of methoxy groups -OCH3 is 2. The summed E-state index contributed by atoms with van der Waals surface area (Å²) >= 11 is 3.37. The molecule has 0 aliphatic heterocycles. The van der Waals surface area contributed by atoms with Gasteiger partial charge >= 0.3 is 0 Å². The molecular weight excluding hydrogens is 220 g/mol. The van der Waals surface area contributed by atoms with Gasteiger partial charge in [-0.1, -0.05) is 28.1 Å². The van der Waals surface area contributed by atoms with Crippen LogP contribution in [0.2, 0.25) is 0 Å². The summed E-state index contributed by atoms with van der Waals surface area (Å²) in [4.78, 5) is 0. The molecule has 1 unspecified atom stereocenters. The Balaban J connectivity index is 2.86. The Morgan fingerprint density at radius 2 is 2.08 bits per heavy atom. The highest BCUT2D eigenvalue weighted by Gasteiger charge is 2.05. The van der Waals surface area contributed by atoms with Crippen LogP contribution in [0.1, 0.15) is 10.6 Å². The molecule has 0 spiro atoms. The van der Waals surface area contributed by atoms with Crippen LogP contribution in [0.4, 0.5) is 0 Å². The molecule has 0 radical (unpaired) electrons. The fraction of sp³-hybridized carbons (Fsp3) is 0.333. The van der Waals surface area contributed by atoms with E-state index < -0.39 is 0 Å². The molecule has 0 saturated carbocycles. The van der Waals surface area contributed by atoms with Crippen LogP contribution in [0.25, 0.3) is 0 Å². The second kappa shape index (κ2) is 4.48. The van der Waals surface area contributed by atoms with Gasteiger partial charge in [0.25, 0.3) is 0 Å². The van der Waals surface area contributed by atoms with E-state index in [0.29, 0.717) is 0 Å². The average Bonchev–Trinajstić information content (AvgIpc) is 2.17. The van der Waals surface area contributed by atoms with Crippen molar-refractivity contribution in [1.82, 2.24) is 0 Å². The number of hydrogen-bond donors (Lipinski definition) is 0. The number of rotatable bonds is 3. The van der Waals surface area contributed by atoms with E-state index in [2.05, 4.69) is 15.9 Å². The van der Waals surface area contributed by atoms with E-state index in [9.17, 15) is 0 Å². The zero-order chi connectivity index (χ0) is 8.97. The van der Waals surface area contributed by atoms with Gasteiger partial charge in [-0.2, -0.15) is 0 Å². The first-order valence-electron chi connectivity index (χ1n) is 3.58. The van der Waals surface area contributed by atoms with Crippen LogP contribution in [0.3, 0.4) is 0 Å². The van der Waals surface area contributed by atoms with Gasteiger partial charge in [-0.25, -0.2) is 0 Å². The molecule has 0 saturated heterocycles. The molecule has 1 aromatic rings. The van der Waals surface area contributed by atoms with Gasteiger partial charge in [0.2, 0.25) is 0 Å². The van der Waals surface area contributed by atoms with Crippen LogP contribution >= 0.6 is 15.9 Å². The van der Waals surface area contributed by atoms with Gasteiger partial charge in [0.15, 0.2) is 0 Å². The van der Waals surface area contributed by atoms with Crippen molar-refractivity contribution >= 4 is 15.9 Å². The molecule has 12 heavy (non-hydrogen) atoms. The molecule has 0 bridgehead atoms. The first-order valence-corrected chi connectivity index (χ1v) is 4.50. The molecule has 2 nitrogen and oxygen atoms in total. The van der Waals surface area contributed by atoms with E-state index in [0.717, 1.165) is 11.3 Å². The van der Waals surface area contributed by atoms with Crippen LogP contribution in [-0.2, 0) is 4.74 Å². The Hall–Kier alpha value is -0.540. The van der Waals surface area contributed by atoms with Crippen LogP contribution in [0, 0.1) is 0 Å². The Kier molecular flexibility index (Phi) is 3.56. The lowest BCUT2D eigenvalue weighted by Gasteiger charge is -2.08. The SMILES string of the molecule is COc1cccc(C(Br)OC)c1. The molecule has 0 fully saturated rings. The van der Waals surface area contributed by atoms with Crippen molar-refractivity contribution < 1.29 is 9.47 Å². The van der Waals surface area contributed by atoms with E-state index >= 15 is 0 Å². The van der Waals surface area contributed by atoms with Gasteiger partial charge in [0.05, 0.1) is 7.11 Å². The second-order valence-electron chi connectivity index (χ2n) is 2.33. The minimum absolute atomic E-state index is 0.0624. The Bertz CT molecular complexity index is 250. The summed E-state index contributed by atoms with van der Waals surface area (Å²) < 4.78 is 10.2. The Labute approximate surface area is 80.6 Å². The zero-order valence-corrected chi connectivity index (χ0v) is 8.67. The summed E-state index contributed by atoms with van der Waals surface area (Å²) in [5, 5.41) is -0.0624. The molecule has 1 atom stereocenters. The van der Waals surface area contributed by atoms with E-state index in [1.54, 1.807) is 14.2 Å². The highest BCUT2D eigenvalue weighted by Crippen LogP contribution is 2.25. The quantitative estimate of drug-likeness (QED) is 0.744. The predicted octanol–water partition coefficient (Wildman–Crippen LogP) is 2.74. The maximum absolute atomic E-state index is 5.10. The Morgan fingerprint density at radius 1 is 1.33 bits per heavy atom. The Morgan fingerprint density at radius 3 is 2.67 bits per heavy atom. The van der Waals surface area contributed by atoms with Crippen molar-refractivity contribution in [2.45, 2.75) is 5.01 Å². The van der Waals surface area contributed by atoms with Gasteiger partial charge in [0.1, 0.15) is 10.8 Å². The smallest absolute Gasteiger partial charge is 0.137 e. The van der Waals surface area contributed by atoms with Crippen molar-refractivity contribution in [2.75, 3.05) is 14.2 Å². The molecule has 0 N–H and O–H groups in total. The molecule has 3 heteroatoms. The lowest BCUT2D eigenvalue weighted by Crippen LogP contribution is -1.92. The van der Waals surface area contributed by atoms with Gasteiger partial charge in [-0.05, 0) is 17.7 Å². The molecule has 1 rings (SSSR count). The predicted molar refractivity (Wildman–Crippen MR) is 51.7 cm³/mol. The minimum atomic E-state index is -0.0624. The van der Waals surface area contributed by atoms with Crippen LogP contribution in [0.15, 0.2) is 24.3 Å². The van der Waals surface area contributed by atoms with Crippen molar-refractivity contribution in [2.24, 2.45) is 0 Å². The zero-order valence-electron chi connectivity index (χ0n) is 7.08. The maximum Gasteiger partial charge on any atom is 0.137 e. The molecule has 0 amide bonds. The van der Waals surface area contributed by atoms with Crippen LogP contribution < -0.4 is 4.74 Å². The molecule has 0 aliphatic rings. The summed E-state index contributed by atoms with van der Waals surface area (Å²) in [6, 6.07) is 7.74. The van der Waals surface area contributed by atoms with Gasteiger partial charge in [-0.15, -0.1) is 0 Å². The molecule has 0 heterocycles. The lowest BCUT2D eigenvalue weighted by atomic mass is 10.2. The van der Waals surface area contributed by atoms with E-state index in [1.807, 2.05) is 24.3 Å². The summed E-state index contributed by atoms with van der Waals surface area (Å²) in [5.74, 6) is 0.842. The summed E-state index contributed by atoms with van der Waals surface area (Å²) in [6.07, 6.45) is 0. The molecule has 0 aliphatic carbocycles. The largest absolute Gasteiger partial charge is 0.497 e. The average molecular weight is 231 g/mol. The van der Waals surface area contributed by atoms with E-state index in [1.165, 1.54) is 0 Å². The van der Waals surface area contributed by atoms with Crippen molar-refractivity contribution in [1.29, 1.82) is 0 Å². The normalized spacial score (nSPS) is 12.6. The van der Waals surface area contributed by atoms with Gasteiger partial charge in [0, 0.05) is 7.11 Å². The fourth-order valence-electron chi connectivity index (χ4n) is 0.919. The third-order valence-corrected chi connectivity index (χ3v) is 2.47. The standard InChI is InChI=1S/C9H11BrO2/c1-11-8-5-3-4-7(6-8)9(10)12-2/h3-6,9H,1-2H3. The third kappa shape index (κ3) is 2.22. The topological polar surface area (TPSA) is 18.5 Å². The molecule has 1 aromatic carbocycles. The summed E-state index contributed by atoms with van der Waals surface area (Å²) in [6.45, 7) is 0. The minimum Gasteiger partial charge on any atom is -0.497 e. The van der Waals surface area contributed by atoms with Crippen molar-refractivity contribution in [3.63, 3.8) is 0 Å². The van der Waals surface area contributed by atoms with Crippen LogP contribution in [0.5, 0.6) is 5.75 Å².